The molecule has 1 fully saturated rings. The first-order valence-corrected chi connectivity index (χ1v) is 9.34. The van der Waals surface area contributed by atoms with E-state index in [1.54, 1.807) is 0 Å². The minimum absolute atomic E-state index is 0.0601. The molecule has 2 heterocycles. The van der Waals surface area contributed by atoms with E-state index in [0.717, 1.165) is 0 Å². The van der Waals surface area contributed by atoms with Gasteiger partial charge in [-0.2, -0.15) is 5.43 Å². The van der Waals surface area contributed by atoms with Crippen LogP contribution in [0.15, 0.2) is 11.3 Å². The average molecular weight is 415 g/mol. The Labute approximate surface area is 163 Å². The summed E-state index contributed by atoms with van der Waals surface area (Å²) in [4.78, 5) is 69.2. The molecule has 0 aromatic heterocycles. The quantitative estimate of drug-likeness (QED) is 0.195. The van der Waals surface area contributed by atoms with E-state index in [-0.39, 0.29) is 49.3 Å². The molecule has 0 bridgehead atoms. The fraction of sp³-hybridized carbons (Fsp3) is 0.500. The van der Waals surface area contributed by atoms with E-state index < -0.39 is 45.5 Å². The molecule has 2 rings (SSSR count). The molecular formula is C16H19N2O9S+. The van der Waals surface area contributed by atoms with Crippen molar-refractivity contribution in [2.24, 2.45) is 0 Å². The van der Waals surface area contributed by atoms with Crippen LogP contribution in [0.25, 0.3) is 0 Å². The number of quaternary nitrogens is 1. The van der Waals surface area contributed by atoms with Crippen molar-refractivity contribution >= 4 is 47.3 Å². The average Bonchev–Trinajstić information content (AvgIpc) is 2.60. The van der Waals surface area contributed by atoms with E-state index >= 15 is 0 Å². The third-order valence-electron chi connectivity index (χ3n) is 4.31. The van der Waals surface area contributed by atoms with Crippen molar-refractivity contribution in [1.82, 2.24) is 5.43 Å². The second kappa shape index (κ2) is 8.52. The molecule has 2 aliphatic rings. The van der Waals surface area contributed by atoms with Crippen molar-refractivity contribution in [1.29, 1.82) is 0 Å². The Kier molecular flexibility index (Phi) is 6.56. The number of carboxylic acids is 2. The number of amides is 2. The van der Waals surface area contributed by atoms with Crippen LogP contribution in [-0.2, 0) is 33.5 Å². The highest BCUT2D eigenvalue weighted by Gasteiger charge is 2.65. The summed E-state index contributed by atoms with van der Waals surface area (Å²) in [6.45, 7) is 0.853. The van der Waals surface area contributed by atoms with Crippen LogP contribution in [0.4, 0.5) is 0 Å². The number of carboxylic acid groups (broad SMARTS) is 2. The summed E-state index contributed by atoms with van der Waals surface area (Å²) in [6.07, 6.45) is -0.598. The van der Waals surface area contributed by atoms with E-state index in [1.165, 1.54) is 18.7 Å². The summed E-state index contributed by atoms with van der Waals surface area (Å²) in [5.41, 5.74) is 2.28. The van der Waals surface area contributed by atoms with Gasteiger partial charge in [0.15, 0.2) is 5.37 Å². The molecule has 0 aromatic carbocycles. The number of fused-ring (bicyclic) bond motifs is 1. The van der Waals surface area contributed by atoms with Gasteiger partial charge in [0.1, 0.15) is 13.0 Å². The van der Waals surface area contributed by atoms with E-state index in [2.05, 4.69) is 5.43 Å². The minimum atomic E-state index is -1.60. The Balaban J connectivity index is 2.20. The van der Waals surface area contributed by atoms with Gasteiger partial charge >= 0.3 is 23.8 Å². The van der Waals surface area contributed by atoms with E-state index in [1.807, 2.05) is 0 Å². The van der Waals surface area contributed by atoms with Crippen molar-refractivity contribution in [3.05, 3.63) is 11.3 Å². The van der Waals surface area contributed by atoms with E-state index in [4.69, 9.17) is 9.84 Å². The van der Waals surface area contributed by atoms with Gasteiger partial charge in [-0.25, -0.2) is 14.4 Å². The molecule has 28 heavy (non-hydrogen) atoms. The molecule has 3 N–H and O–H groups in total. The number of carbonyl (C=O) groups is 6. The van der Waals surface area contributed by atoms with Crippen LogP contribution in [0.2, 0.25) is 0 Å². The lowest BCUT2D eigenvalue weighted by Crippen LogP contribution is -2.76. The first-order valence-electron chi connectivity index (χ1n) is 8.29. The lowest BCUT2D eigenvalue weighted by atomic mass is 10.1. The van der Waals surface area contributed by atoms with E-state index in [0.29, 0.717) is 0 Å². The number of Topliss-reactive ketones (excluding diaryl/α,β-unsaturated/α-hetero) is 1. The summed E-state index contributed by atoms with van der Waals surface area (Å²) < 4.78 is 3.98. The Morgan fingerprint density at radius 1 is 1.21 bits per heavy atom. The second-order valence-corrected chi connectivity index (χ2v) is 7.41. The van der Waals surface area contributed by atoms with Crippen LogP contribution in [0, 0.1) is 0 Å². The van der Waals surface area contributed by atoms with Crippen LogP contribution in [-0.4, -0.2) is 68.0 Å². The predicted octanol–water partition coefficient (Wildman–Crippen LogP) is -0.437. The van der Waals surface area contributed by atoms with Crippen LogP contribution >= 0.6 is 11.8 Å². The molecule has 1 unspecified atom stereocenters. The maximum absolute atomic E-state index is 12.4. The smallest absolute Gasteiger partial charge is 0.393 e. The van der Waals surface area contributed by atoms with Gasteiger partial charge in [-0.05, 0) is 6.42 Å². The number of ketones is 1. The maximum Gasteiger partial charge on any atom is 0.393 e. The van der Waals surface area contributed by atoms with Gasteiger partial charge in [-0.1, -0.05) is 11.8 Å². The molecule has 2 aliphatic heterocycles. The van der Waals surface area contributed by atoms with Gasteiger partial charge in [0.05, 0.1) is 0 Å². The van der Waals surface area contributed by atoms with Gasteiger partial charge in [-0.3, -0.25) is 14.4 Å². The molecule has 0 aromatic rings. The normalized spacial score (nSPS) is 23.3. The number of ether oxygens (including phenoxy) is 1. The number of aliphatic carboxylic acids is 2. The van der Waals surface area contributed by atoms with Crippen molar-refractivity contribution in [3.63, 3.8) is 0 Å². The summed E-state index contributed by atoms with van der Waals surface area (Å²) >= 11 is 1.26. The fourth-order valence-electron chi connectivity index (χ4n) is 2.99. The largest absolute Gasteiger partial charge is 0.476 e. The second-order valence-electron chi connectivity index (χ2n) is 6.24. The number of hydrogen-bond acceptors (Lipinski definition) is 8. The van der Waals surface area contributed by atoms with Gasteiger partial charge < -0.3 is 14.9 Å². The number of nitrogens with zero attached hydrogens (tertiary/aromatic N) is 1. The minimum Gasteiger partial charge on any atom is -0.476 e. The third kappa shape index (κ3) is 4.22. The lowest BCUT2D eigenvalue weighted by Gasteiger charge is -2.49. The van der Waals surface area contributed by atoms with Crippen LogP contribution in [0.5, 0.6) is 0 Å². The summed E-state index contributed by atoms with van der Waals surface area (Å²) in [7, 11) is 0. The van der Waals surface area contributed by atoms with Gasteiger partial charge in [0.2, 0.25) is 5.78 Å². The molecule has 0 radical (unpaired) electrons. The number of carbonyl (C=O) groups excluding carboxylic acids is 4. The zero-order chi connectivity index (χ0) is 21.1. The number of hydrogen-bond donors (Lipinski definition) is 3. The molecule has 2 amide bonds. The molecular weight excluding hydrogens is 396 g/mol. The Hall–Kier alpha value is -2.73. The van der Waals surface area contributed by atoms with Gasteiger partial charge in [0.25, 0.3) is 11.6 Å². The molecule has 0 saturated carbocycles. The van der Waals surface area contributed by atoms with E-state index in [9.17, 15) is 33.9 Å². The highest BCUT2D eigenvalue weighted by Crippen LogP contribution is 2.46. The number of thioether (sulfide) groups is 1. The topological polar surface area (TPSA) is 164 Å². The summed E-state index contributed by atoms with van der Waals surface area (Å²) in [5.74, 6) is -5.65. The Bertz CT molecular complexity index is 791. The Morgan fingerprint density at radius 3 is 2.43 bits per heavy atom. The maximum atomic E-state index is 12.4. The van der Waals surface area contributed by atoms with Crippen molar-refractivity contribution in [2.45, 2.75) is 38.0 Å². The molecule has 0 aliphatic carbocycles. The molecule has 2 atom stereocenters. The highest BCUT2D eigenvalue weighted by molar-refractivity contribution is 8.00. The number of nitrogens with one attached hydrogen (secondary N) is 1. The van der Waals surface area contributed by atoms with Crippen LogP contribution < -0.4 is 5.43 Å². The highest BCUT2D eigenvalue weighted by atomic mass is 32.2. The predicted molar refractivity (Wildman–Crippen MR) is 92.1 cm³/mol. The molecule has 11 nitrogen and oxygen atoms in total. The number of β-lactam (4-membered cyclic amide) rings is 1. The Morgan fingerprint density at radius 2 is 1.89 bits per heavy atom. The molecule has 1 saturated heterocycles. The van der Waals surface area contributed by atoms with Gasteiger partial charge in [-0.15, -0.1) is 4.59 Å². The summed E-state index contributed by atoms with van der Waals surface area (Å²) in [6, 6.07) is 0. The first kappa shape index (κ1) is 21.6. The molecule has 0 spiro atoms. The van der Waals surface area contributed by atoms with Crippen molar-refractivity contribution in [3.8, 4) is 0 Å². The van der Waals surface area contributed by atoms with Gasteiger partial charge in [0, 0.05) is 31.1 Å². The number of rotatable bonds is 9. The molecule has 152 valence electrons. The molecule has 12 heteroatoms. The zero-order valence-electron chi connectivity index (χ0n) is 14.9. The summed E-state index contributed by atoms with van der Waals surface area (Å²) in [5, 5.41) is 17.7. The standard InChI is InChI=1S/C16H18N2O9S/c1-8(19)27-6-9-7-28-13-5-12(22)18(13,14(9)16(25)26)17-11(21)4-2-3-10(20)15(23)24/h13H,2-7H2,1H3,(H2-,17,21,23,24,25,26)/p+1/t13-,18?/m1/s1. The third-order valence-corrected chi connectivity index (χ3v) is 5.69. The zero-order valence-corrected chi connectivity index (χ0v) is 15.7. The van der Waals surface area contributed by atoms with Crippen LogP contribution in [0.1, 0.15) is 32.6 Å². The van der Waals surface area contributed by atoms with Crippen molar-refractivity contribution < 1.29 is 48.3 Å². The van der Waals surface area contributed by atoms with Crippen molar-refractivity contribution in [2.75, 3.05) is 12.4 Å². The van der Waals surface area contributed by atoms with Crippen LogP contribution in [0.3, 0.4) is 0 Å². The fourth-order valence-corrected chi connectivity index (χ4v) is 4.37. The first-order chi connectivity index (χ1) is 13.1. The number of esters is 1. The monoisotopic (exact) mass is 415 g/mol. The SMILES string of the molecule is CC(=O)OCC1=C(C(=O)O)[N+]2(NC(=O)CCCC(=O)C(=O)O)C(=O)C[C@H]2SC1. The lowest BCUT2D eigenvalue weighted by molar-refractivity contribution is -0.886.